The van der Waals surface area contributed by atoms with Gasteiger partial charge in [-0.2, -0.15) is 4.98 Å². The predicted octanol–water partition coefficient (Wildman–Crippen LogP) is 3.57. The number of aromatic nitrogens is 2. The molecule has 0 aliphatic carbocycles. The summed E-state index contributed by atoms with van der Waals surface area (Å²) in [7, 11) is 0. The molecule has 0 N–H and O–H groups in total. The van der Waals surface area contributed by atoms with Crippen LogP contribution >= 0.6 is 23.2 Å². The van der Waals surface area contributed by atoms with Crippen LogP contribution in [-0.2, 0) is 4.74 Å². The molecule has 0 bridgehead atoms. The van der Waals surface area contributed by atoms with Gasteiger partial charge in [0.15, 0.2) is 5.82 Å². The fourth-order valence-corrected chi connectivity index (χ4v) is 3.71. The number of anilines is 2. The minimum Gasteiger partial charge on any atom is -0.377 e. The highest BCUT2D eigenvalue weighted by Crippen LogP contribution is 2.39. The van der Waals surface area contributed by atoms with E-state index in [4.69, 9.17) is 27.9 Å². The molecule has 1 aromatic carbocycles. The lowest BCUT2D eigenvalue weighted by atomic mass is 10.0. The second-order valence-electron chi connectivity index (χ2n) is 6.15. The van der Waals surface area contributed by atoms with Crippen LogP contribution in [0.4, 0.5) is 11.5 Å². The predicted molar refractivity (Wildman–Crippen MR) is 96.2 cm³/mol. The second kappa shape index (κ2) is 6.39. The normalized spacial score (nSPS) is 21.2. The van der Waals surface area contributed by atoms with Gasteiger partial charge >= 0.3 is 0 Å². The Bertz CT molecular complexity index is 740. The topological polar surface area (TPSA) is 41.5 Å². The average molecular weight is 365 g/mol. The lowest BCUT2D eigenvalue weighted by molar-refractivity contribution is 0.0931. The SMILES string of the molecule is CC(c1ccc(Cl)cc1)N1CC2COCCN2c2nc(Cl)ncc21. The minimum atomic E-state index is 0.176. The maximum absolute atomic E-state index is 6.06. The van der Waals surface area contributed by atoms with Gasteiger partial charge in [0.25, 0.3) is 0 Å². The van der Waals surface area contributed by atoms with Crippen LogP contribution in [0.1, 0.15) is 18.5 Å². The van der Waals surface area contributed by atoms with Crippen LogP contribution < -0.4 is 9.80 Å². The lowest BCUT2D eigenvalue weighted by Crippen LogP contribution is -2.56. The molecule has 0 amide bonds. The molecule has 2 aliphatic heterocycles. The van der Waals surface area contributed by atoms with E-state index in [-0.39, 0.29) is 17.4 Å². The van der Waals surface area contributed by atoms with Crippen molar-refractivity contribution in [3.63, 3.8) is 0 Å². The van der Waals surface area contributed by atoms with Crippen molar-refractivity contribution in [3.8, 4) is 0 Å². The van der Waals surface area contributed by atoms with Gasteiger partial charge in [-0.15, -0.1) is 0 Å². The third-order valence-electron chi connectivity index (χ3n) is 4.76. The first kappa shape index (κ1) is 15.9. The van der Waals surface area contributed by atoms with Gasteiger partial charge in [0.05, 0.1) is 37.2 Å². The molecule has 7 heteroatoms. The van der Waals surface area contributed by atoms with E-state index >= 15 is 0 Å². The molecule has 1 aromatic heterocycles. The molecule has 1 saturated heterocycles. The summed E-state index contributed by atoms with van der Waals surface area (Å²) in [6.07, 6.45) is 1.82. The molecule has 2 aromatic rings. The molecule has 2 aliphatic rings. The highest BCUT2D eigenvalue weighted by atomic mass is 35.5. The maximum Gasteiger partial charge on any atom is 0.224 e. The van der Waals surface area contributed by atoms with Crippen LogP contribution in [0.3, 0.4) is 0 Å². The summed E-state index contributed by atoms with van der Waals surface area (Å²) in [4.78, 5) is 13.3. The summed E-state index contributed by atoms with van der Waals surface area (Å²) in [6, 6.07) is 8.42. The molecule has 0 saturated carbocycles. The van der Waals surface area contributed by atoms with Crippen molar-refractivity contribution < 1.29 is 4.74 Å². The molecule has 126 valence electrons. The van der Waals surface area contributed by atoms with E-state index in [0.29, 0.717) is 13.2 Å². The quantitative estimate of drug-likeness (QED) is 0.761. The number of hydrogen-bond donors (Lipinski definition) is 0. The number of fused-ring (bicyclic) bond motifs is 3. The van der Waals surface area contributed by atoms with E-state index < -0.39 is 0 Å². The Labute approximate surface area is 151 Å². The molecule has 3 heterocycles. The van der Waals surface area contributed by atoms with Gasteiger partial charge in [0.2, 0.25) is 5.28 Å². The number of hydrogen-bond acceptors (Lipinski definition) is 5. The van der Waals surface area contributed by atoms with E-state index in [2.05, 4.69) is 38.8 Å². The molecule has 0 spiro atoms. The Balaban J connectivity index is 1.74. The Morgan fingerprint density at radius 3 is 2.83 bits per heavy atom. The van der Waals surface area contributed by atoms with Crippen molar-refractivity contribution in [3.05, 3.63) is 46.3 Å². The first-order valence-corrected chi connectivity index (χ1v) is 8.78. The van der Waals surface area contributed by atoms with Gasteiger partial charge < -0.3 is 14.5 Å². The van der Waals surface area contributed by atoms with Crippen molar-refractivity contribution in [2.24, 2.45) is 0 Å². The highest BCUT2D eigenvalue weighted by molar-refractivity contribution is 6.30. The van der Waals surface area contributed by atoms with Crippen LogP contribution in [0.25, 0.3) is 0 Å². The number of halogens is 2. The molecular formula is C17H18Cl2N4O. The molecule has 2 atom stereocenters. The highest BCUT2D eigenvalue weighted by Gasteiger charge is 2.36. The summed E-state index contributed by atoms with van der Waals surface area (Å²) >= 11 is 12.1. The third-order valence-corrected chi connectivity index (χ3v) is 5.19. The molecule has 24 heavy (non-hydrogen) atoms. The molecule has 0 radical (unpaired) electrons. The van der Waals surface area contributed by atoms with Crippen molar-refractivity contribution in [2.75, 3.05) is 36.1 Å². The number of ether oxygens (including phenoxy) is 1. The van der Waals surface area contributed by atoms with Gasteiger partial charge in [-0.05, 0) is 36.2 Å². The standard InChI is InChI=1S/C17H18Cl2N4O/c1-11(12-2-4-13(18)5-3-12)23-9-14-10-24-7-6-22(14)16-15(23)8-20-17(19)21-16/h2-5,8,11,14H,6-7,9-10H2,1H3. The van der Waals surface area contributed by atoms with E-state index in [0.717, 1.165) is 29.6 Å². The fraction of sp³-hybridized carbons (Fsp3) is 0.412. The van der Waals surface area contributed by atoms with Gasteiger partial charge in [0.1, 0.15) is 0 Å². The van der Waals surface area contributed by atoms with Crippen molar-refractivity contribution in [1.29, 1.82) is 0 Å². The fourth-order valence-electron chi connectivity index (χ4n) is 3.46. The van der Waals surface area contributed by atoms with Crippen LogP contribution in [-0.4, -0.2) is 42.3 Å². The Morgan fingerprint density at radius 1 is 1.25 bits per heavy atom. The maximum atomic E-state index is 6.06. The van der Waals surface area contributed by atoms with E-state index in [1.54, 1.807) is 0 Å². The Kier molecular flexibility index (Phi) is 4.24. The van der Waals surface area contributed by atoms with E-state index in [1.807, 2.05) is 18.3 Å². The summed E-state index contributed by atoms with van der Waals surface area (Å²) in [5.41, 5.74) is 2.21. The first-order chi connectivity index (χ1) is 11.6. The summed E-state index contributed by atoms with van der Waals surface area (Å²) in [6.45, 7) is 5.28. The van der Waals surface area contributed by atoms with Gasteiger partial charge in [-0.25, -0.2) is 4.98 Å². The second-order valence-corrected chi connectivity index (χ2v) is 6.92. The lowest BCUT2D eigenvalue weighted by Gasteiger charge is -2.47. The van der Waals surface area contributed by atoms with Crippen molar-refractivity contribution in [2.45, 2.75) is 19.0 Å². The summed E-state index contributed by atoms with van der Waals surface area (Å²) in [5.74, 6) is 0.898. The molecule has 5 nitrogen and oxygen atoms in total. The van der Waals surface area contributed by atoms with Crippen LogP contribution in [0.15, 0.2) is 30.5 Å². The van der Waals surface area contributed by atoms with E-state index in [9.17, 15) is 0 Å². The zero-order chi connectivity index (χ0) is 16.7. The van der Waals surface area contributed by atoms with Crippen LogP contribution in [0, 0.1) is 0 Å². The number of benzene rings is 1. The van der Waals surface area contributed by atoms with Crippen molar-refractivity contribution in [1.82, 2.24) is 9.97 Å². The first-order valence-electron chi connectivity index (χ1n) is 8.02. The average Bonchev–Trinajstić information content (AvgIpc) is 2.61. The van der Waals surface area contributed by atoms with E-state index in [1.165, 1.54) is 5.56 Å². The van der Waals surface area contributed by atoms with Crippen LogP contribution in [0.5, 0.6) is 0 Å². The zero-order valence-electron chi connectivity index (χ0n) is 13.3. The molecular weight excluding hydrogens is 347 g/mol. The molecule has 4 rings (SSSR count). The smallest absolute Gasteiger partial charge is 0.224 e. The largest absolute Gasteiger partial charge is 0.377 e. The van der Waals surface area contributed by atoms with Crippen LogP contribution in [0.2, 0.25) is 10.3 Å². The van der Waals surface area contributed by atoms with Gasteiger partial charge in [-0.3, -0.25) is 0 Å². The number of rotatable bonds is 2. The summed E-state index contributed by atoms with van der Waals surface area (Å²) in [5, 5.41) is 1.02. The molecule has 2 unspecified atom stereocenters. The number of morpholine rings is 1. The van der Waals surface area contributed by atoms with Gasteiger partial charge in [-0.1, -0.05) is 23.7 Å². The Morgan fingerprint density at radius 2 is 2.04 bits per heavy atom. The summed E-state index contributed by atoms with van der Waals surface area (Å²) < 4.78 is 5.67. The zero-order valence-corrected chi connectivity index (χ0v) is 14.8. The monoisotopic (exact) mass is 364 g/mol. The number of nitrogens with zero attached hydrogens (tertiary/aromatic N) is 4. The molecule has 1 fully saturated rings. The van der Waals surface area contributed by atoms with Gasteiger partial charge in [0, 0.05) is 18.1 Å². The minimum absolute atomic E-state index is 0.176. The van der Waals surface area contributed by atoms with Crippen molar-refractivity contribution >= 4 is 34.7 Å². The third kappa shape index (κ3) is 2.81. The Hall–Kier alpha value is -1.56.